The molecule has 3 nitrogen and oxygen atoms in total. The Morgan fingerprint density at radius 3 is 1.76 bits per heavy atom. The van der Waals surface area contributed by atoms with E-state index in [1.807, 2.05) is 17.0 Å². The lowest BCUT2D eigenvalue weighted by molar-refractivity contribution is -0.696. The van der Waals surface area contributed by atoms with Crippen LogP contribution in [-0.4, -0.2) is 41.5 Å². The zero-order valence-corrected chi connectivity index (χ0v) is 27.3. The van der Waals surface area contributed by atoms with E-state index in [2.05, 4.69) is 18.4 Å². The molecule has 0 bridgehead atoms. The van der Waals surface area contributed by atoms with Crippen LogP contribution >= 0.6 is 0 Å². The van der Waals surface area contributed by atoms with Gasteiger partial charge in [0.15, 0.2) is 0 Å². The number of ether oxygens (including phenoxy) is 1. The minimum absolute atomic E-state index is 0. The van der Waals surface area contributed by atoms with E-state index in [0.717, 1.165) is 38.1 Å². The van der Waals surface area contributed by atoms with Gasteiger partial charge < -0.3 is 21.7 Å². The molecule has 0 saturated heterocycles. The topological polar surface area (TPSA) is 18.0 Å². The Labute approximate surface area is 271 Å². The zero-order chi connectivity index (χ0) is 34.3. The van der Waals surface area contributed by atoms with Crippen molar-refractivity contribution in [3.63, 3.8) is 0 Å². The predicted octanol–water partition coefficient (Wildman–Crippen LogP) is 7.10. The fourth-order valence-electron chi connectivity index (χ4n) is 5.15. The fourth-order valence-corrected chi connectivity index (χ4v) is 5.15. The van der Waals surface area contributed by atoms with Gasteiger partial charge in [-0.25, -0.2) is 13.5 Å². The third-order valence-corrected chi connectivity index (χ3v) is 7.61. The second-order valence-corrected chi connectivity index (χ2v) is 11.4. The Bertz CT molecular complexity index is 1210. The molecule has 0 saturated carbocycles. The minimum Gasteiger partial charge on any atom is -1.00 e. The number of methoxy groups -OCH3 is 1. The summed E-state index contributed by atoms with van der Waals surface area (Å²) in [4.78, 5) is 0. The summed E-state index contributed by atoms with van der Waals surface area (Å²) >= 11 is 0. The molecular formula is C30H39BrF12N2O. The van der Waals surface area contributed by atoms with E-state index in [0.29, 0.717) is 30.7 Å². The summed E-state index contributed by atoms with van der Waals surface area (Å²) in [6, 6.07) is 4.36. The summed E-state index contributed by atoms with van der Waals surface area (Å²) in [5.41, 5.74) is 0.709. The average molecular weight is 752 g/mol. The van der Waals surface area contributed by atoms with Crippen LogP contribution in [0.3, 0.4) is 0 Å². The maximum absolute atomic E-state index is 13.8. The first kappa shape index (κ1) is 41.9. The molecule has 0 amide bonds. The number of alkyl halides is 11. The second kappa shape index (κ2) is 16.8. The molecule has 266 valence electrons. The van der Waals surface area contributed by atoms with Gasteiger partial charge in [0.2, 0.25) is 0 Å². The molecule has 0 radical (unpaired) electrons. The van der Waals surface area contributed by atoms with E-state index in [1.165, 1.54) is 19.2 Å². The Balaban J connectivity index is 0.0000106. The maximum Gasteiger partial charge on any atom is 0.460 e. The molecule has 2 rings (SSSR count). The van der Waals surface area contributed by atoms with Gasteiger partial charge in [0.1, 0.15) is 30.5 Å². The molecule has 1 aromatic carbocycles. The number of unbranched alkanes of at least 4 members (excludes halogenated alkanes) is 8. The van der Waals surface area contributed by atoms with Gasteiger partial charge in [-0.05, 0) is 37.5 Å². The van der Waals surface area contributed by atoms with Gasteiger partial charge in [-0.1, -0.05) is 52.4 Å². The highest BCUT2D eigenvalue weighted by molar-refractivity contribution is 5.33. The lowest BCUT2D eigenvalue weighted by Crippen LogP contribution is -3.00. The van der Waals surface area contributed by atoms with Crippen LogP contribution in [0.2, 0.25) is 0 Å². The monoisotopic (exact) mass is 750 g/mol. The molecule has 0 aliphatic heterocycles. The third-order valence-electron chi connectivity index (χ3n) is 7.61. The molecule has 0 atom stereocenters. The van der Waals surface area contributed by atoms with Crippen molar-refractivity contribution in [2.24, 2.45) is 0 Å². The van der Waals surface area contributed by atoms with E-state index in [1.54, 1.807) is 6.07 Å². The van der Waals surface area contributed by atoms with E-state index in [9.17, 15) is 52.7 Å². The van der Waals surface area contributed by atoms with E-state index in [4.69, 9.17) is 4.74 Å². The number of aromatic nitrogens is 2. The molecule has 0 spiro atoms. The van der Waals surface area contributed by atoms with Crippen LogP contribution in [0.5, 0.6) is 5.75 Å². The SMILES string of the molecule is COc1ccc(F)cc1C[n+]1ccn(CCCCCCCCCCCC(F)(F)C(F)(F)C(F)(F)C(F)(F)C(F)(F)F)c1C(C)C.[Br-]. The summed E-state index contributed by atoms with van der Waals surface area (Å²) in [5, 5.41) is 0. The van der Waals surface area contributed by atoms with Gasteiger partial charge in [-0.15, -0.1) is 0 Å². The molecule has 0 aliphatic rings. The van der Waals surface area contributed by atoms with Crippen LogP contribution in [0, 0.1) is 5.82 Å². The van der Waals surface area contributed by atoms with Crippen molar-refractivity contribution in [2.75, 3.05) is 7.11 Å². The van der Waals surface area contributed by atoms with Gasteiger partial charge in [-0.2, -0.15) is 48.3 Å². The van der Waals surface area contributed by atoms with Crippen LogP contribution in [-0.2, 0) is 13.1 Å². The Morgan fingerprint density at radius 1 is 0.739 bits per heavy atom. The van der Waals surface area contributed by atoms with Gasteiger partial charge >= 0.3 is 29.9 Å². The first-order valence-corrected chi connectivity index (χ1v) is 14.7. The predicted molar refractivity (Wildman–Crippen MR) is 143 cm³/mol. The summed E-state index contributed by atoms with van der Waals surface area (Å²) in [6.45, 7) is 5.29. The highest BCUT2D eigenvalue weighted by Crippen LogP contribution is 2.58. The highest BCUT2D eigenvalue weighted by atomic mass is 79.9. The molecule has 16 heteroatoms. The fraction of sp³-hybridized carbons (Fsp3) is 0.700. The molecular weight excluding hydrogens is 712 g/mol. The molecule has 0 N–H and O–H groups in total. The van der Waals surface area contributed by atoms with Crippen molar-refractivity contribution in [1.82, 2.24) is 4.57 Å². The van der Waals surface area contributed by atoms with Crippen molar-refractivity contribution < 1.29 is 79.0 Å². The van der Waals surface area contributed by atoms with Crippen LogP contribution in [0.1, 0.15) is 95.4 Å². The number of imidazole rings is 1. The minimum atomic E-state index is -7.34. The summed E-state index contributed by atoms with van der Waals surface area (Å²) in [7, 11) is 1.52. The summed E-state index contributed by atoms with van der Waals surface area (Å²) in [5.74, 6) is -25.9. The molecule has 0 fully saturated rings. The van der Waals surface area contributed by atoms with E-state index >= 15 is 0 Å². The van der Waals surface area contributed by atoms with E-state index < -0.39 is 42.7 Å². The summed E-state index contributed by atoms with van der Waals surface area (Å²) < 4.78 is 167. The van der Waals surface area contributed by atoms with Crippen LogP contribution in [0.15, 0.2) is 30.6 Å². The number of aryl methyl sites for hydroxylation is 1. The van der Waals surface area contributed by atoms with Gasteiger partial charge in [0.05, 0.1) is 19.6 Å². The van der Waals surface area contributed by atoms with Crippen LogP contribution < -0.4 is 26.3 Å². The number of hydrogen-bond acceptors (Lipinski definition) is 1. The lowest BCUT2D eigenvalue weighted by Gasteiger charge is -2.37. The second-order valence-electron chi connectivity index (χ2n) is 11.4. The number of hydrogen-bond donors (Lipinski definition) is 0. The van der Waals surface area contributed by atoms with Gasteiger partial charge in [0, 0.05) is 12.0 Å². The average Bonchev–Trinajstić information content (AvgIpc) is 3.33. The number of benzene rings is 1. The Morgan fingerprint density at radius 2 is 1.26 bits per heavy atom. The normalized spacial score (nSPS) is 13.3. The molecule has 1 heterocycles. The Hall–Kier alpha value is -2.13. The van der Waals surface area contributed by atoms with Gasteiger partial charge in [0.25, 0.3) is 5.82 Å². The first-order chi connectivity index (χ1) is 20.7. The quantitative estimate of drug-likeness (QED) is 0.0852. The molecule has 0 aliphatic carbocycles. The molecule has 2 aromatic rings. The largest absolute Gasteiger partial charge is 1.00 e. The number of halogens is 13. The van der Waals surface area contributed by atoms with Crippen molar-refractivity contribution in [2.45, 2.75) is 127 Å². The van der Waals surface area contributed by atoms with Crippen molar-refractivity contribution in [1.29, 1.82) is 0 Å². The zero-order valence-electron chi connectivity index (χ0n) is 25.7. The number of nitrogens with zero attached hydrogens (tertiary/aromatic N) is 2. The van der Waals surface area contributed by atoms with Crippen molar-refractivity contribution in [3.05, 3.63) is 47.8 Å². The smallest absolute Gasteiger partial charge is 0.460 e. The third kappa shape index (κ3) is 9.71. The van der Waals surface area contributed by atoms with Gasteiger partial charge in [-0.3, -0.25) is 0 Å². The number of rotatable bonds is 19. The first-order valence-electron chi connectivity index (χ1n) is 14.7. The standard InChI is InChI=1S/C30H39F12N2O.BrH/c1-21(2)25-43(17-18-44(25)20-22-19-23(31)13-14-24(22)45-3)16-12-10-8-6-4-5-7-9-11-15-26(32,33)27(34,35)28(36,37)29(38,39)30(40,41)42;/h13-14,17-19,21H,4-12,15-16,20H2,1-3H3;1H/q+1;/p-1. The molecule has 0 unspecified atom stereocenters. The maximum atomic E-state index is 13.8. The molecule has 1 aromatic heterocycles. The van der Waals surface area contributed by atoms with Crippen LogP contribution in [0.25, 0.3) is 0 Å². The van der Waals surface area contributed by atoms with Crippen molar-refractivity contribution >= 4 is 0 Å². The lowest BCUT2D eigenvalue weighted by atomic mass is 9.94. The van der Waals surface area contributed by atoms with Crippen molar-refractivity contribution in [3.8, 4) is 5.75 Å². The Kier molecular flexibility index (Phi) is 15.3. The molecule has 46 heavy (non-hydrogen) atoms. The highest BCUT2D eigenvalue weighted by Gasteiger charge is 2.86. The van der Waals surface area contributed by atoms with E-state index in [-0.39, 0.29) is 41.6 Å². The summed E-state index contributed by atoms with van der Waals surface area (Å²) in [6.07, 6.45) is -1.23. The van der Waals surface area contributed by atoms with Crippen LogP contribution in [0.4, 0.5) is 52.7 Å².